The van der Waals surface area contributed by atoms with E-state index in [1.54, 1.807) is 0 Å². The van der Waals surface area contributed by atoms with E-state index in [2.05, 4.69) is 31.0 Å². The van der Waals surface area contributed by atoms with Crippen molar-refractivity contribution in [3.05, 3.63) is 0 Å². The van der Waals surface area contributed by atoms with E-state index in [9.17, 15) is 0 Å². The third kappa shape index (κ3) is 4.50. The number of nitrogens with one attached hydrogen (secondary N) is 1. The van der Waals surface area contributed by atoms with Gasteiger partial charge in [0.1, 0.15) is 0 Å². The lowest BCUT2D eigenvalue weighted by Gasteiger charge is -2.42. The first-order valence-electron chi connectivity index (χ1n) is 7.26. The van der Waals surface area contributed by atoms with E-state index in [4.69, 9.17) is 9.47 Å². The van der Waals surface area contributed by atoms with Crippen molar-refractivity contribution < 1.29 is 9.47 Å². The first-order chi connectivity index (χ1) is 8.55. The first kappa shape index (κ1) is 14.3. The topological polar surface area (TPSA) is 33.7 Å². The Kier molecular flexibility index (Phi) is 5.01. The van der Waals surface area contributed by atoms with Crippen molar-refractivity contribution in [3.8, 4) is 0 Å². The third-order valence-electron chi connectivity index (χ3n) is 3.72. The fraction of sp³-hybridized carbons (Fsp3) is 1.00. The maximum Gasteiger partial charge on any atom is 0.0757 e. The van der Waals surface area contributed by atoms with Gasteiger partial charge in [0.05, 0.1) is 11.7 Å². The zero-order valence-electron chi connectivity index (χ0n) is 12.1. The van der Waals surface area contributed by atoms with Gasteiger partial charge in [-0.3, -0.25) is 4.90 Å². The Morgan fingerprint density at radius 2 is 2.00 bits per heavy atom. The zero-order chi connectivity index (χ0) is 13.0. The van der Waals surface area contributed by atoms with E-state index in [0.29, 0.717) is 12.1 Å². The largest absolute Gasteiger partial charge is 0.381 e. The van der Waals surface area contributed by atoms with Gasteiger partial charge in [-0.05, 0) is 33.6 Å². The fourth-order valence-electron chi connectivity index (χ4n) is 3.08. The van der Waals surface area contributed by atoms with Crippen LogP contribution in [0.2, 0.25) is 0 Å². The second-order valence-electron chi connectivity index (χ2n) is 6.26. The van der Waals surface area contributed by atoms with E-state index in [1.807, 2.05) is 0 Å². The highest BCUT2D eigenvalue weighted by molar-refractivity contribution is 4.83. The molecular formula is C14H28N2O2. The molecule has 2 rings (SSSR count). The van der Waals surface area contributed by atoms with Crippen LogP contribution in [0.1, 0.15) is 33.6 Å². The van der Waals surface area contributed by atoms with E-state index in [-0.39, 0.29) is 5.60 Å². The summed E-state index contributed by atoms with van der Waals surface area (Å²) in [6.45, 7) is 12.6. The molecule has 4 nitrogen and oxygen atoms in total. The molecule has 0 aromatic carbocycles. The Balaban J connectivity index is 1.66. The highest BCUT2D eigenvalue weighted by Gasteiger charge is 2.30. The number of hydrogen-bond donors (Lipinski definition) is 1. The summed E-state index contributed by atoms with van der Waals surface area (Å²) in [7, 11) is 0. The molecule has 1 unspecified atom stereocenters. The third-order valence-corrected chi connectivity index (χ3v) is 3.72. The molecule has 2 aliphatic rings. The average Bonchev–Trinajstić information content (AvgIpc) is 2.27. The smallest absolute Gasteiger partial charge is 0.0757 e. The van der Waals surface area contributed by atoms with Crippen molar-refractivity contribution in [3.63, 3.8) is 0 Å². The first-order valence-corrected chi connectivity index (χ1v) is 7.26. The van der Waals surface area contributed by atoms with Crippen molar-refractivity contribution in [2.45, 2.75) is 51.4 Å². The zero-order valence-corrected chi connectivity index (χ0v) is 12.1. The maximum atomic E-state index is 5.92. The van der Waals surface area contributed by atoms with Gasteiger partial charge in [-0.1, -0.05) is 0 Å². The lowest BCUT2D eigenvalue weighted by Crippen LogP contribution is -2.53. The monoisotopic (exact) mass is 256 g/mol. The van der Waals surface area contributed by atoms with E-state index in [0.717, 1.165) is 52.2 Å². The Labute approximate surface area is 111 Å². The van der Waals surface area contributed by atoms with E-state index in [1.165, 1.54) is 0 Å². The predicted octanol–water partition coefficient (Wildman–Crippen LogP) is 1.25. The molecule has 0 aliphatic carbocycles. The average molecular weight is 256 g/mol. The normalized spacial score (nSPS) is 30.5. The molecule has 2 fully saturated rings. The van der Waals surface area contributed by atoms with Gasteiger partial charge in [0.25, 0.3) is 0 Å². The minimum absolute atomic E-state index is 0.00363. The maximum absolute atomic E-state index is 5.92. The summed E-state index contributed by atoms with van der Waals surface area (Å²) in [6.07, 6.45) is 2.66. The number of morpholine rings is 1. The molecule has 2 saturated heterocycles. The van der Waals surface area contributed by atoms with Crippen molar-refractivity contribution in [1.82, 2.24) is 10.2 Å². The van der Waals surface area contributed by atoms with Crippen LogP contribution in [0.3, 0.4) is 0 Å². The molecule has 18 heavy (non-hydrogen) atoms. The van der Waals surface area contributed by atoms with Crippen molar-refractivity contribution in [2.75, 3.05) is 39.4 Å². The summed E-state index contributed by atoms with van der Waals surface area (Å²) < 4.78 is 11.3. The predicted molar refractivity (Wildman–Crippen MR) is 72.9 cm³/mol. The number of rotatable bonds is 4. The Morgan fingerprint density at radius 3 is 2.67 bits per heavy atom. The van der Waals surface area contributed by atoms with Crippen LogP contribution in [-0.4, -0.2) is 62.0 Å². The van der Waals surface area contributed by atoms with Gasteiger partial charge < -0.3 is 14.8 Å². The van der Waals surface area contributed by atoms with Crippen LogP contribution in [0, 0.1) is 0 Å². The number of hydrogen-bond acceptors (Lipinski definition) is 4. The SMILES string of the molecule is CC1CN(CCNC2CCOCC2)CC(C)(C)O1. The summed E-state index contributed by atoms with van der Waals surface area (Å²) in [5.74, 6) is 0. The highest BCUT2D eigenvalue weighted by Crippen LogP contribution is 2.20. The van der Waals surface area contributed by atoms with E-state index >= 15 is 0 Å². The van der Waals surface area contributed by atoms with Crippen molar-refractivity contribution in [1.29, 1.82) is 0 Å². The van der Waals surface area contributed by atoms with Gasteiger partial charge in [0.2, 0.25) is 0 Å². The summed E-state index contributed by atoms with van der Waals surface area (Å²) in [4.78, 5) is 2.51. The van der Waals surface area contributed by atoms with Crippen LogP contribution in [0.15, 0.2) is 0 Å². The minimum atomic E-state index is -0.00363. The van der Waals surface area contributed by atoms with Gasteiger partial charge in [0, 0.05) is 45.4 Å². The second-order valence-corrected chi connectivity index (χ2v) is 6.26. The molecule has 0 aromatic rings. The number of ether oxygens (including phenoxy) is 2. The van der Waals surface area contributed by atoms with Crippen LogP contribution in [0.5, 0.6) is 0 Å². The molecule has 1 N–H and O–H groups in total. The lowest BCUT2D eigenvalue weighted by molar-refractivity contribution is -0.128. The molecule has 4 heteroatoms. The van der Waals surface area contributed by atoms with Gasteiger partial charge >= 0.3 is 0 Å². The highest BCUT2D eigenvalue weighted by atomic mass is 16.5. The molecule has 0 amide bonds. The Morgan fingerprint density at radius 1 is 1.28 bits per heavy atom. The fourth-order valence-corrected chi connectivity index (χ4v) is 3.08. The molecule has 0 aromatic heterocycles. The van der Waals surface area contributed by atoms with Crippen LogP contribution in [0.4, 0.5) is 0 Å². The Bertz CT molecular complexity index is 252. The Hall–Kier alpha value is -0.160. The molecule has 0 bridgehead atoms. The summed E-state index contributed by atoms with van der Waals surface area (Å²) >= 11 is 0. The van der Waals surface area contributed by atoms with E-state index < -0.39 is 0 Å². The molecule has 0 saturated carbocycles. The minimum Gasteiger partial charge on any atom is -0.381 e. The summed E-state index contributed by atoms with van der Waals surface area (Å²) in [5.41, 5.74) is -0.00363. The molecule has 0 radical (unpaired) electrons. The van der Waals surface area contributed by atoms with Crippen molar-refractivity contribution in [2.24, 2.45) is 0 Å². The van der Waals surface area contributed by atoms with Crippen LogP contribution in [-0.2, 0) is 9.47 Å². The molecule has 1 atom stereocenters. The standard InChI is InChI=1S/C14H28N2O2/c1-12-10-16(11-14(2,3)18-12)7-6-15-13-4-8-17-9-5-13/h12-13,15H,4-11H2,1-3H3. The van der Waals surface area contributed by atoms with Gasteiger partial charge in [-0.2, -0.15) is 0 Å². The molecular weight excluding hydrogens is 228 g/mol. The quantitative estimate of drug-likeness (QED) is 0.821. The van der Waals surface area contributed by atoms with Crippen LogP contribution >= 0.6 is 0 Å². The number of nitrogens with zero attached hydrogens (tertiary/aromatic N) is 1. The van der Waals surface area contributed by atoms with Crippen LogP contribution in [0.25, 0.3) is 0 Å². The van der Waals surface area contributed by atoms with Gasteiger partial charge in [-0.25, -0.2) is 0 Å². The summed E-state index contributed by atoms with van der Waals surface area (Å²) in [5, 5.41) is 3.65. The molecule has 106 valence electrons. The lowest BCUT2D eigenvalue weighted by atomic mass is 10.1. The molecule has 2 heterocycles. The second kappa shape index (κ2) is 6.33. The molecule has 0 spiro atoms. The van der Waals surface area contributed by atoms with Gasteiger partial charge in [0.15, 0.2) is 0 Å². The van der Waals surface area contributed by atoms with Crippen molar-refractivity contribution >= 4 is 0 Å². The van der Waals surface area contributed by atoms with Crippen LogP contribution < -0.4 is 5.32 Å². The molecule has 2 aliphatic heterocycles. The summed E-state index contributed by atoms with van der Waals surface area (Å²) in [6, 6.07) is 0.658. The van der Waals surface area contributed by atoms with Gasteiger partial charge in [-0.15, -0.1) is 0 Å².